The Hall–Kier alpha value is -1.56. The number of imidazole rings is 1. The highest BCUT2D eigenvalue weighted by Crippen LogP contribution is 2.38. The predicted octanol–water partition coefficient (Wildman–Crippen LogP) is 4.36. The number of fused-ring (bicyclic) bond motifs is 1. The monoisotopic (exact) mass is 312 g/mol. The molecule has 3 nitrogen and oxygen atoms in total. The van der Waals surface area contributed by atoms with Crippen LogP contribution in [0.2, 0.25) is 0 Å². The van der Waals surface area contributed by atoms with Crippen LogP contribution in [0.3, 0.4) is 0 Å². The van der Waals surface area contributed by atoms with Gasteiger partial charge in [0, 0.05) is 0 Å². The second-order valence-electron chi connectivity index (χ2n) is 6.07. The maximum Gasteiger partial charge on any atom is 0.418 e. The van der Waals surface area contributed by atoms with Crippen LogP contribution in [0.15, 0.2) is 24.7 Å². The van der Waals surface area contributed by atoms with Crippen molar-refractivity contribution in [2.75, 3.05) is 0 Å². The van der Waals surface area contributed by atoms with Crippen molar-refractivity contribution in [1.82, 2.24) is 9.38 Å². The smallest absolute Gasteiger partial charge is 0.387 e. The molecule has 0 spiro atoms. The van der Waals surface area contributed by atoms with E-state index in [1.165, 1.54) is 29.4 Å². The van der Waals surface area contributed by atoms with Crippen molar-refractivity contribution in [2.45, 2.75) is 50.8 Å². The first-order valence-corrected chi connectivity index (χ1v) is 7.67. The number of nitrogens with zero attached hydrogens (tertiary/aromatic N) is 2. The lowest BCUT2D eigenvalue weighted by Gasteiger charge is -2.26. The van der Waals surface area contributed by atoms with E-state index >= 15 is 0 Å². The van der Waals surface area contributed by atoms with Gasteiger partial charge in [-0.1, -0.05) is 32.1 Å². The third-order valence-electron chi connectivity index (χ3n) is 4.53. The van der Waals surface area contributed by atoms with Gasteiger partial charge in [0.25, 0.3) is 0 Å². The standard InChI is InChI=1S/C16H19F3N2O/c17-16(18,19)13-7-6-12-9-20-10-21(12)15(13)14(22)8-11-4-2-1-3-5-11/h6-7,9-11,14,22H,1-5,8H2/t14-/m1/s1. The van der Waals surface area contributed by atoms with E-state index in [1.807, 2.05) is 0 Å². The normalized spacial score (nSPS) is 18.7. The molecular weight excluding hydrogens is 293 g/mol. The maximum atomic E-state index is 13.3. The van der Waals surface area contributed by atoms with E-state index in [4.69, 9.17) is 0 Å². The van der Waals surface area contributed by atoms with Gasteiger partial charge in [0.1, 0.15) is 0 Å². The summed E-state index contributed by atoms with van der Waals surface area (Å²) in [4.78, 5) is 3.90. The Morgan fingerprint density at radius 3 is 2.64 bits per heavy atom. The summed E-state index contributed by atoms with van der Waals surface area (Å²) >= 11 is 0. The summed E-state index contributed by atoms with van der Waals surface area (Å²) in [5.74, 6) is 0.295. The molecule has 0 radical (unpaired) electrons. The Morgan fingerprint density at radius 2 is 1.95 bits per heavy atom. The zero-order valence-corrected chi connectivity index (χ0v) is 12.2. The molecule has 2 aromatic rings. The molecule has 22 heavy (non-hydrogen) atoms. The van der Waals surface area contributed by atoms with Crippen LogP contribution in [0.1, 0.15) is 55.9 Å². The van der Waals surface area contributed by atoms with Gasteiger partial charge in [-0.05, 0) is 24.5 Å². The van der Waals surface area contributed by atoms with Gasteiger partial charge in [-0.25, -0.2) is 4.98 Å². The van der Waals surface area contributed by atoms with Crippen molar-refractivity contribution < 1.29 is 18.3 Å². The molecule has 0 amide bonds. The number of hydrogen-bond acceptors (Lipinski definition) is 2. The molecule has 3 rings (SSSR count). The fraction of sp³-hybridized carbons (Fsp3) is 0.562. The molecule has 0 aromatic carbocycles. The van der Waals surface area contributed by atoms with Crippen LogP contribution < -0.4 is 0 Å². The molecular formula is C16H19F3N2O. The van der Waals surface area contributed by atoms with Gasteiger partial charge in [-0.2, -0.15) is 13.2 Å². The van der Waals surface area contributed by atoms with E-state index in [0.29, 0.717) is 17.9 Å². The SMILES string of the molecule is O[C@H](CC1CCCCC1)c1c(C(F)(F)F)ccc2cncn12. The fourth-order valence-electron chi connectivity index (χ4n) is 3.44. The third-order valence-corrected chi connectivity index (χ3v) is 4.53. The van der Waals surface area contributed by atoms with E-state index in [9.17, 15) is 18.3 Å². The largest absolute Gasteiger partial charge is 0.418 e. The van der Waals surface area contributed by atoms with Crippen molar-refractivity contribution in [2.24, 2.45) is 5.92 Å². The number of rotatable bonds is 3. The lowest BCUT2D eigenvalue weighted by Crippen LogP contribution is -2.18. The molecule has 1 atom stereocenters. The van der Waals surface area contributed by atoms with E-state index in [1.54, 1.807) is 0 Å². The van der Waals surface area contributed by atoms with Crippen LogP contribution >= 0.6 is 0 Å². The number of pyridine rings is 1. The average Bonchev–Trinajstić information content (AvgIpc) is 2.94. The van der Waals surface area contributed by atoms with Gasteiger partial charge < -0.3 is 9.51 Å². The van der Waals surface area contributed by atoms with Crippen LogP contribution in [0.4, 0.5) is 13.2 Å². The van der Waals surface area contributed by atoms with Crippen LogP contribution in [0.5, 0.6) is 0 Å². The predicted molar refractivity (Wildman–Crippen MR) is 76.3 cm³/mol. The van der Waals surface area contributed by atoms with E-state index in [-0.39, 0.29) is 5.69 Å². The molecule has 1 N–H and O–H groups in total. The molecule has 2 heterocycles. The molecule has 6 heteroatoms. The molecule has 1 fully saturated rings. The summed E-state index contributed by atoms with van der Waals surface area (Å²) in [6.07, 6.45) is 2.94. The minimum absolute atomic E-state index is 0.0897. The first-order valence-electron chi connectivity index (χ1n) is 7.67. The number of aromatic nitrogens is 2. The lowest BCUT2D eigenvalue weighted by molar-refractivity contribution is -0.139. The Labute approximate surface area is 126 Å². The second-order valence-corrected chi connectivity index (χ2v) is 6.07. The van der Waals surface area contributed by atoms with Crippen LogP contribution in [0.25, 0.3) is 5.52 Å². The molecule has 120 valence electrons. The van der Waals surface area contributed by atoms with Gasteiger partial charge in [0.15, 0.2) is 0 Å². The van der Waals surface area contributed by atoms with Gasteiger partial charge in [0.2, 0.25) is 0 Å². The van der Waals surface area contributed by atoms with Crippen molar-refractivity contribution >= 4 is 5.52 Å². The van der Waals surface area contributed by atoms with Gasteiger partial charge in [-0.3, -0.25) is 0 Å². The van der Waals surface area contributed by atoms with Crippen LogP contribution in [0, 0.1) is 5.92 Å². The van der Waals surface area contributed by atoms with Gasteiger partial charge in [0.05, 0.1) is 35.4 Å². The topological polar surface area (TPSA) is 37.5 Å². The molecule has 1 saturated carbocycles. The van der Waals surface area contributed by atoms with Crippen LogP contribution in [-0.2, 0) is 6.18 Å². The summed E-state index contributed by atoms with van der Waals surface area (Å²) in [6, 6.07) is 2.42. The molecule has 1 aliphatic rings. The molecule has 0 saturated heterocycles. The Kier molecular flexibility index (Phi) is 4.12. The summed E-state index contributed by atoms with van der Waals surface area (Å²) < 4.78 is 41.2. The van der Waals surface area contributed by atoms with E-state index in [2.05, 4.69) is 4.98 Å². The third kappa shape index (κ3) is 2.97. The number of alkyl halides is 3. The number of halogens is 3. The molecule has 0 aliphatic heterocycles. The van der Waals surface area contributed by atoms with Crippen LogP contribution in [-0.4, -0.2) is 14.5 Å². The first-order chi connectivity index (χ1) is 10.5. The number of hydrogen-bond donors (Lipinski definition) is 1. The molecule has 2 aromatic heterocycles. The zero-order valence-electron chi connectivity index (χ0n) is 12.2. The maximum absolute atomic E-state index is 13.3. The Bertz CT molecular complexity index is 644. The quantitative estimate of drug-likeness (QED) is 0.914. The number of aliphatic hydroxyl groups is 1. The van der Waals surface area contributed by atoms with Crippen molar-refractivity contribution in [3.8, 4) is 0 Å². The summed E-state index contributed by atoms with van der Waals surface area (Å²) in [5, 5.41) is 10.5. The Morgan fingerprint density at radius 1 is 1.23 bits per heavy atom. The second kappa shape index (κ2) is 5.91. The summed E-state index contributed by atoms with van der Waals surface area (Å²) in [5.41, 5.74) is -0.305. The zero-order chi connectivity index (χ0) is 15.7. The fourth-order valence-corrected chi connectivity index (χ4v) is 3.44. The first kappa shape index (κ1) is 15.3. The van der Waals surface area contributed by atoms with Crippen molar-refractivity contribution in [3.05, 3.63) is 35.9 Å². The van der Waals surface area contributed by atoms with Crippen molar-refractivity contribution in [3.63, 3.8) is 0 Å². The molecule has 1 aliphatic carbocycles. The van der Waals surface area contributed by atoms with E-state index < -0.39 is 17.8 Å². The minimum Gasteiger partial charge on any atom is -0.387 e. The van der Waals surface area contributed by atoms with Gasteiger partial charge in [-0.15, -0.1) is 0 Å². The molecule has 0 unspecified atom stereocenters. The highest BCUT2D eigenvalue weighted by Gasteiger charge is 2.37. The Balaban J connectivity index is 1.97. The minimum atomic E-state index is -4.48. The highest BCUT2D eigenvalue weighted by atomic mass is 19.4. The molecule has 0 bridgehead atoms. The van der Waals surface area contributed by atoms with Crippen molar-refractivity contribution in [1.29, 1.82) is 0 Å². The summed E-state index contributed by atoms with van der Waals surface area (Å²) in [6.45, 7) is 0. The lowest BCUT2D eigenvalue weighted by atomic mass is 9.84. The summed E-state index contributed by atoms with van der Waals surface area (Å²) in [7, 11) is 0. The average molecular weight is 312 g/mol. The number of aliphatic hydroxyl groups excluding tert-OH is 1. The van der Waals surface area contributed by atoms with E-state index in [0.717, 1.165) is 31.7 Å². The highest BCUT2D eigenvalue weighted by molar-refractivity contribution is 5.49. The van der Waals surface area contributed by atoms with Gasteiger partial charge >= 0.3 is 6.18 Å².